The van der Waals surface area contributed by atoms with Crippen LogP contribution >= 0.6 is 11.3 Å². The van der Waals surface area contributed by atoms with Crippen molar-refractivity contribution < 1.29 is 0 Å². The summed E-state index contributed by atoms with van der Waals surface area (Å²) in [6, 6.07) is 8.19. The Hall–Kier alpha value is -2.27. The molecule has 0 saturated carbocycles. The van der Waals surface area contributed by atoms with Gasteiger partial charge in [0.1, 0.15) is 11.2 Å². The number of nitrogens with one attached hydrogen (secondary N) is 1. The van der Waals surface area contributed by atoms with E-state index in [-0.39, 0.29) is 0 Å². The summed E-state index contributed by atoms with van der Waals surface area (Å²) >= 11 is 1.80. The van der Waals surface area contributed by atoms with E-state index in [1.165, 1.54) is 35.3 Å². The number of anilines is 1. The highest BCUT2D eigenvalue weighted by molar-refractivity contribution is 7.19. The van der Waals surface area contributed by atoms with Crippen LogP contribution in [0.5, 0.6) is 0 Å². The van der Waals surface area contributed by atoms with Crippen LogP contribution in [0.25, 0.3) is 10.2 Å². The Labute approximate surface area is 139 Å². The summed E-state index contributed by atoms with van der Waals surface area (Å²) in [5, 5.41) is 5.55. The number of hydrogen-bond acceptors (Lipinski definition) is 5. The molecule has 0 aliphatic heterocycles. The van der Waals surface area contributed by atoms with Gasteiger partial charge in [-0.3, -0.25) is 5.43 Å². The molecule has 1 aromatic carbocycles. The van der Waals surface area contributed by atoms with E-state index in [0.29, 0.717) is 0 Å². The van der Waals surface area contributed by atoms with Crippen LogP contribution in [0, 0.1) is 6.92 Å². The quantitative estimate of drug-likeness (QED) is 0.577. The third-order valence-electron chi connectivity index (χ3n) is 4.31. The maximum atomic E-state index is 4.44. The van der Waals surface area contributed by atoms with Crippen LogP contribution in [0.3, 0.4) is 0 Å². The van der Waals surface area contributed by atoms with Gasteiger partial charge in [-0.2, -0.15) is 5.10 Å². The fourth-order valence-electron chi connectivity index (χ4n) is 3.07. The first kappa shape index (κ1) is 14.3. The van der Waals surface area contributed by atoms with Gasteiger partial charge in [0.05, 0.1) is 11.6 Å². The highest BCUT2D eigenvalue weighted by Gasteiger charge is 2.19. The molecule has 5 heteroatoms. The third-order valence-corrected chi connectivity index (χ3v) is 5.51. The van der Waals surface area contributed by atoms with Gasteiger partial charge >= 0.3 is 0 Å². The number of rotatable bonds is 3. The molecule has 2 heterocycles. The molecule has 3 aromatic rings. The molecule has 0 amide bonds. The standard InChI is InChI=1S/C18H18N4S/c1-12-6-2-3-7-13(12)10-21-22-17-16-14-8-4-5-9-15(14)23-18(16)20-11-19-17/h2-3,6-7,10-11H,4-5,8-9H2,1H3,(H,19,20,22)/b21-10+. The Morgan fingerprint density at radius 2 is 2.04 bits per heavy atom. The number of benzene rings is 1. The second-order valence-electron chi connectivity index (χ2n) is 5.84. The number of hydrogen-bond donors (Lipinski definition) is 1. The lowest BCUT2D eigenvalue weighted by atomic mass is 9.97. The number of hydrazone groups is 1. The second-order valence-corrected chi connectivity index (χ2v) is 6.92. The van der Waals surface area contributed by atoms with E-state index in [4.69, 9.17) is 0 Å². The molecule has 1 N–H and O–H groups in total. The van der Waals surface area contributed by atoms with Gasteiger partial charge < -0.3 is 0 Å². The fraction of sp³-hybridized carbons (Fsp3) is 0.278. The van der Waals surface area contributed by atoms with Crippen molar-refractivity contribution in [2.24, 2.45) is 5.10 Å². The van der Waals surface area contributed by atoms with Crippen molar-refractivity contribution in [1.82, 2.24) is 9.97 Å². The van der Waals surface area contributed by atoms with E-state index >= 15 is 0 Å². The normalized spacial score (nSPS) is 14.3. The SMILES string of the molecule is Cc1ccccc1/C=N/Nc1ncnc2sc3c(c12)CCCC3. The van der Waals surface area contributed by atoms with Crippen molar-refractivity contribution in [3.63, 3.8) is 0 Å². The second kappa shape index (κ2) is 6.08. The van der Waals surface area contributed by atoms with E-state index < -0.39 is 0 Å². The molecule has 0 bridgehead atoms. The Balaban J connectivity index is 1.67. The van der Waals surface area contributed by atoms with Gasteiger partial charge in [-0.1, -0.05) is 24.3 Å². The predicted octanol–water partition coefficient (Wildman–Crippen LogP) is 4.32. The highest BCUT2D eigenvalue weighted by Crippen LogP contribution is 2.38. The summed E-state index contributed by atoms with van der Waals surface area (Å²) in [5.41, 5.74) is 6.86. The van der Waals surface area contributed by atoms with E-state index in [0.717, 1.165) is 28.0 Å². The number of aryl methyl sites for hydroxylation is 3. The minimum absolute atomic E-state index is 0.819. The summed E-state index contributed by atoms with van der Waals surface area (Å²) in [7, 11) is 0. The topological polar surface area (TPSA) is 50.2 Å². The molecule has 4 nitrogen and oxygen atoms in total. The lowest BCUT2D eigenvalue weighted by Crippen LogP contribution is -2.01. The van der Waals surface area contributed by atoms with Gasteiger partial charge in [-0.25, -0.2) is 9.97 Å². The molecule has 0 fully saturated rings. The monoisotopic (exact) mass is 322 g/mol. The average molecular weight is 322 g/mol. The summed E-state index contributed by atoms with van der Waals surface area (Å²) in [6.07, 6.45) is 8.29. The van der Waals surface area contributed by atoms with Crippen molar-refractivity contribution in [3.8, 4) is 0 Å². The Morgan fingerprint density at radius 1 is 1.17 bits per heavy atom. The fourth-order valence-corrected chi connectivity index (χ4v) is 4.30. The van der Waals surface area contributed by atoms with E-state index in [2.05, 4.69) is 39.6 Å². The molecule has 0 atom stereocenters. The molecule has 1 aliphatic carbocycles. The molecule has 0 unspecified atom stereocenters. The zero-order chi connectivity index (χ0) is 15.6. The Kier molecular flexibility index (Phi) is 3.79. The molecule has 23 heavy (non-hydrogen) atoms. The van der Waals surface area contributed by atoms with Gasteiger partial charge in [0.15, 0.2) is 5.82 Å². The van der Waals surface area contributed by atoms with E-state index in [9.17, 15) is 0 Å². The first-order valence-electron chi connectivity index (χ1n) is 7.93. The zero-order valence-corrected chi connectivity index (χ0v) is 13.9. The van der Waals surface area contributed by atoms with Crippen LogP contribution in [0.15, 0.2) is 35.7 Å². The summed E-state index contributed by atoms with van der Waals surface area (Å²) in [5.74, 6) is 0.819. The van der Waals surface area contributed by atoms with Gasteiger partial charge in [0.2, 0.25) is 0 Å². The largest absolute Gasteiger partial charge is 0.261 e. The molecular weight excluding hydrogens is 304 g/mol. The van der Waals surface area contributed by atoms with Gasteiger partial charge in [0, 0.05) is 4.88 Å². The minimum Gasteiger partial charge on any atom is -0.261 e. The predicted molar refractivity (Wildman–Crippen MR) is 96.5 cm³/mol. The number of thiophene rings is 1. The summed E-state index contributed by atoms with van der Waals surface area (Å²) < 4.78 is 0. The maximum absolute atomic E-state index is 4.44. The van der Waals surface area contributed by atoms with Crippen LogP contribution in [-0.4, -0.2) is 16.2 Å². The van der Waals surface area contributed by atoms with E-state index in [1.807, 2.05) is 18.3 Å². The Bertz CT molecular complexity index is 882. The molecule has 0 spiro atoms. The first-order valence-corrected chi connectivity index (χ1v) is 8.74. The number of fused-ring (bicyclic) bond motifs is 3. The minimum atomic E-state index is 0.819. The summed E-state index contributed by atoms with van der Waals surface area (Å²) in [6.45, 7) is 2.08. The van der Waals surface area contributed by atoms with Gasteiger partial charge in [0.25, 0.3) is 0 Å². The highest BCUT2D eigenvalue weighted by atomic mass is 32.1. The van der Waals surface area contributed by atoms with Crippen LogP contribution < -0.4 is 5.43 Å². The van der Waals surface area contributed by atoms with Crippen molar-refractivity contribution in [2.45, 2.75) is 32.6 Å². The molecule has 0 radical (unpaired) electrons. The lowest BCUT2D eigenvalue weighted by molar-refractivity contribution is 0.700. The van der Waals surface area contributed by atoms with Crippen molar-refractivity contribution >= 4 is 33.6 Å². The molecule has 4 rings (SSSR count). The van der Waals surface area contributed by atoms with E-state index in [1.54, 1.807) is 17.7 Å². The first-order chi connectivity index (χ1) is 11.3. The molecule has 0 saturated heterocycles. The molecule has 2 aromatic heterocycles. The maximum Gasteiger partial charge on any atom is 0.158 e. The van der Waals surface area contributed by atoms with Crippen LogP contribution in [0.1, 0.15) is 34.4 Å². The third kappa shape index (κ3) is 2.72. The van der Waals surface area contributed by atoms with Crippen LogP contribution in [0.2, 0.25) is 0 Å². The van der Waals surface area contributed by atoms with Gasteiger partial charge in [-0.05, 0) is 49.3 Å². The molecule has 1 aliphatic rings. The smallest absolute Gasteiger partial charge is 0.158 e. The summed E-state index contributed by atoms with van der Waals surface area (Å²) in [4.78, 5) is 11.4. The molecule has 116 valence electrons. The zero-order valence-electron chi connectivity index (χ0n) is 13.0. The average Bonchev–Trinajstić information content (AvgIpc) is 2.96. The number of nitrogens with zero attached hydrogens (tertiary/aromatic N) is 3. The molecular formula is C18H18N4S. The van der Waals surface area contributed by atoms with Crippen LogP contribution in [-0.2, 0) is 12.8 Å². The lowest BCUT2D eigenvalue weighted by Gasteiger charge is -2.11. The number of aromatic nitrogens is 2. The van der Waals surface area contributed by atoms with Crippen LogP contribution in [0.4, 0.5) is 5.82 Å². The van der Waals surface area contributed by atoms with Crippen molar-refractivity contribution in [1.29, 1.82) is 0 Å². The van der Waals surface area contributed by atoms with Crippen molar-refractivity contribution in [3.05, 3.63) is 52.2 Å². The van der Waals surface area contributed by atoms with Gasteiger partial charge in [-0.15, -0.1) is 11.3 Å². The Morgan fingerprint density at radius 3 is 2.96 bits per heavy atom. The van der Waals surface area contributed by atoms with Crippen molar-refractivity contribution in [2.75, 3.05) is 5.43 Å².